The van der Waals surface area contributed by atoms with Crippen LogP contribution in [-0.4, -0.2) is 38.9 Å². The summed E-state index contributed by atoms with van der Waals surface area (Å²) in [5.74, 6) is -0.0945. The molecular weight excluding hydrogens is 348 g/mol. The van der Waals surface area contributed by atoms with E-state index < -0.39 is 6.61 Å². The van der Waals surface area contributed by atoms with Crippen molar-refractivity contribution in [1.82, 2.24) is 9.47 Å². The number of aliphatic hydroxyl groups is 1. The zero-order valence-corrected chi connectivity index (χ0v) is 15.4. The molecule has 0 spiro atoms. The normalized spacial score (nSPS) is 24.4. The van der Waals surface area contributed by atoms with Crippen LogP contribution in [-0.2, 0) is 6.42 Å². The molecule has 2 aliphatic heterocycles. The Kier molecular flexibility index (Phi) is 3.79. The second-order valence-electron chi connectivity index (χ2n) is 7.62. The molecule has 2 fully saturated rings. The summed E-state index contributed by atoms with van der Waals surface area (Å²) in [6.07, 6.45) is 8.24. The first-order chi connectivity index (χ1) is 12.7. The number of hydrogen-bond donors (Lipinski definition) is 1. The van der Waals surface area contributed by atoms with Gasteiger partial charge in [-0.2, -0.15) is 0 Å². The molecular formula is C20H22N2O3S. The lowest BCUT2D eigenvalue weighted by atomic mass is 9.83. The van der Waals surface area contributed by atoms with Gasteiger partial charge in [-0.15, -0.1) is 11.3 Å². The molecule has 5 rings (SSSR count). The summed E-state index contributed by atoms with van der Waals surface area (Å²) in [5, 5.41) is 9.18. The highest BCUT2D eigenvalue weighted by atomic mass is 32.1. The molecule has 136 valence electrons. The van der Waals surface area contributed by atoms with Gasteiger partial charge in [-0.25, -0.2) is 0 Å². The van der Waals surface area contributed by atoms with Gasteiger partial charge in [0.25, 0.3) is 5.91 Å². The third-order valence-electron chi connectivity index (χ3n) is 5.96. The number of aromatic nitrogens is 1. The summed E-state index contributed by atoms with van der Waals surface area (Å²) < 4.78 is 2.14. The lowest BCUT2D eigenvalue weighted by Crippen LogP contribution is -2.49. The van der Waals surface area contributed by atoms with Crippen molar-refractivity contribution in [3.63, 3.8) is 0 Å². The van der Waals surface area contributed by atoms with Crippen molar-refractivity contribution in [2.45, 2.75) is 56.7 Å². The van der Waals surface area contributed by atoms with Crippen LogP contribution in [0.3, 0.4) is 0 Å². The smallest absolute Gasteiger partial charge is 0.271 e. The van der Waals surface area contributed by atoms with Gasteiger partial charge < -0.3 is 14.6 Å². The second kappa shape index (κ2) is 6.06. The van der Waals surface area contributed by atoms with Gasteiger partial charge in [-0.3, -0.25) is 9.59 Å². The number of amides is 1. The van der Waals surface area contributed by atoms with Crippen LogP contribution in [0.4, 0.5) is 0 Å². The summed E-state index contributed by atoms with van der Waals surface area (Å²) in [4.78, 5) is 29.3. The van der Waals surface area contributed by atoms with Crippen LogP contribution in [0.2, 0.25) is 0 Å². The Bertz CT molecular complexity index is 880. The molecule has 0 aromatic carbocycles. The van der Waals surface area contributed by atoms with E-state index in [4.69, 9.17) is 0 Å². The van der Waals surface area contributed by atoms with Crippen LogP contribution in [0.15, 0.2) is 24.4 Å². The Balaban J connectivity index is 1.51. The highest BCUT2D eigenvalue weighted by Crippen LogP contribution is 2.46. The van der Waals surface area contributed by atoms with Crippen LogP contribution in [0.1, 0.15) is 74.8 Å². The molecule has 2 aromatic rings. The number of nitrogens with zero attached hydrogens (tertiary/aromatic N) is 2. The number of ketones is 1. The van der Waals surface area contributed by atoms with Crippen LogP contribution in [0.25, 0.3) is 0 Å². The second-order valence-corrected chi connectivity index (χ2v) is 8.76. The summed E-state index contributed by atoms with van der Waals surface area (Å²) in [6, 6.07) is 6.60. The Morgan fingerprint density at radius 1 is 1.19 bits per heavy atom. The van der Waals surface area contributed by atoms with E-state index in [1.165, 1.54) is 16.2 Å². The SMILES string of the molecule is O=C(CO)c1cc2c(s1)CC1CCCC2N1C(=O)c1cccn1C1CC1. The number of carbonyl (C=O) groups excluding carboxylic acids is 2. The van der Waals surface area contributed by atoms with Gasteiger partial charge in [-0.1, -0.05) is 0 Å². The van der Waals surface area contributed by atoms with E-state index >= 15 is 0 Å². The van der Waals surface area contributed by atoms with Gasteiger partial charge in [0.1, 0.15) is 12.3 Å². The maximum absolute atomic E-state index is 13.4. The first-order valence-corrected chi connectivity index (χ1v) is 10.2. The Labute approximate surface area is 156 Å². The fraction of sp³-hybridized carbons (Fsp3) is 0.500. The van der Waals surface area contributed by atoms with E-state index in [0.717, 1.165) is 49.8 Å². The zero-order chi connectivity index (χ0) is 17.8. The number of fused-ring (bicyclic) bond motifs is 4. The number of carbonyl (C=O) groups is 2. The zero-order valence-electron chi connectivity index (χ0n) is 14.6. The minimum Gasteiger partial charge on any atom is -0.388 e. The molecule has 6 heteroatoms. The maximum Gasteiger partial charge on any atom is 0.271 e. The van der Waals surface area contributed by atoms with Crippen molar-refractivity contribution in [3.8, 4) is 0 Å². The van der Waals surface area contributed by atoms with Gasteiger partial charge in [0.2, 0.25) is 0 Å². The Hall–Kier alpha value is -1.92. The van der Waals surface area contributed by atoms with Crippen molar-refractivity contribution in [2.75, 3.05) is 6.61 Å². The molecule has 2 atom stereocenters. The molecule has 1 saturated carbocycles. The van der Waals surface area contributed by atoms with Crippen molar-refractivity contribution in [2.24, 2.45) is 0 Å². The average Bonchev–Trinajstić information content (AvgIpc) is 3.22. The molecule has 1 amide bonds. The number of thiophene rings is 1. The summed E-state index contributed by atoms with van der Waals surface area (Å²) in [7, 11) is 0. The third-order valence-corrected chi connectivity index (χ3v) is 7.17. The predicted octanol–water partition coefficient (Wildman–Crippen LogP) is 3.35. The number of aliphatic hydroxyl groups excluding tert-OH is 1. The monoisotopic (exact) mass is 370 g/mol. The number of Topliss-reactive ketones (excluding diaryl/α,β-unsaturated/α-hetero) is 1. The lowest BCUT2D eigenvalue weighted by molar-refractivity contribution is 0.0394. The Morgan fingerprint density at radius 3 is 2.81 bits per heavy atom. The van der Waals surface area contributed by atoms with Crippen molar-refractivity contribution in [1.29, 1.82) is 0 Å². The Morgan fingerprint density at radius 2 is 2.04 bits per heavy atom. The van der Waals surface area contributed by atoms with Gasteiger partial charge >= 0.3 is 0 Å². The van der Waals surface area contributed by atoms with E-state index in [2.05, 4.69) is 9.47 Å². The maximum atomic E-state index is 13.4. The quantitative estimate of drug-likeness (QED) is 0.840. The number of piperidine rings is 1. The molecule has 5 nitrogen and oxygen atoms in total. The van der Waals surface area contributed by atoms with E-state index in [1.54, 1.807) is 0 Å². The van der Waals surface area contributed by atoms with Gasteiger partial charge in [0.15, 0.2) is 5.78 Å². The van der Waals surface area contributed by atoms with E-state index in [9.17, 15) is 14.7 Å². The van der Waals surface area contributed by atoms with E-state index in [-0.39, 0.29) is 23.8 Å². The summed E-state index contributed by atoms with van der Waals surface area (Å²) >= 11 is 1.50. The fourth-order valence-electron chi connectivity index (χ4n) is 4.58. The first-order valence-electron chi connectivity index (χ1n) is 9.43. The highest BCUT2D eigenvalue weighted by Gasteiger charge is 2.42. The predicted molar refractivity (Wildman–Crippen MR) is 98.7 cm³/mol. The van der Waals surface area contributed by atoms with Crippen molar-refractivity contribution >= 4 is 23.0 Å². The van der Waals surface area contributed by atoms with E-state index in [1.807, 2.05) is 24.4 Å². The molecule has 1 aliphatic carbocycles. The van der Waals surface area contributed by atoms with Crippen LogP contribution < -0.4 is 0 Å². The van der Waals surface area contributed by atoms with Crippen LogP contribution in [0.5, 0.6) is 0 Å². The lowest BCUT2D eigenvalue weighted by Gasteiger charge is -2.46. The van der Waals surface area contributed by atoms with Crippen LogP contribution in [0, 0.1) is 0 Å². The fourth-order valence-corrected chi connectivity index (χ4v) is 5.80. The molecule has 2 unspecified atom stereocenters. The minimum absolute atomic E-state index is 0.0593. The summed E-state index contributed by atoms with van der Waals surface area (Å²) in [6.45, 7) is -0.453. The standard InChI is InChI=1S/C20H22N2O3S/c23-11-17(24)19-10-14-15-4-1-3-13(9-18(14)26-19)22(15)20(25)16-5-2-8-21(16)12-6-7-12/h2,5,8,10,12-13,15,23H,1,3-4,6-7,9,11H2. The molecule has 1 N–H and O–H groups in total. The largest absolute Gasteiger partial charge is 0.388 e. The molecule has 1 saturated heterocycles. The van der Waals surface area contributed by atoms with Gasteiger partial charge in [0, 0.05) is 29.6 Å². The van der Waals surface area contributed by atoms with E-state index in [0.29, 0.717) is 10.9 Å². The minimum atomic E-state index is -0.453. The van der Waals surface area contributed by atoms with Crippen molar-refractivity contribution in [3.05, 3.63) is 45.4 Å². The van der Waals surface area contributed by atoms with Gasteiger partial charge in [0.05, 0.1) is 10.9 Å². The topological polar surface area (TPSA) is 62.5 Å². The molecule has 4 heterocycles. The molecule has 3 aliphatic rings. The van der Waals surface area contributed by atoms with Crippen molar-refractivity contribution < 1.29 is 14.7 Å². The van der Waals surface area contributed by atoms with Gasteiger partial charge in [-0.05, 0) is 55.9 Å². The molecule has 2 bridgehead atoms. The van der Waals surface area contributed by atoms with Crippen LogP contribution >= 0.6 is 11.3 Å². The first kappa shape index (κ1) is 16.3. The molecule has 26 heavy (non-hydrogen) atoms. The average molecular weight is 370 g/mol. The third kappa shape index (κ3) is 2.47. The summed E-state index contributed by atoms with van der Waals surface area (Å²) in [5.41, 5.74) is 1.93. The highest BCUT2D eigenvalue weighted by molar-refractivity contribution is 7.14. The molecule has 0 radical (unpaired) electrons. The molecule has 2 aromatic heterocycles. The number of rotatable bonds is 4. The number of hydrogen-bond acceptors (Lipinski definition) is 4.